The monoisotopic (exact) mass is 307 g/mol. The average molecular weight is 307 g/mol. The zero-order valence-corrected chi connectivity index (χ0v) is 13.3. The van der Waals surface area contributed by atoms with Crippen LogP contribution in [0.1, 0.15) is 32.6 Å². The molecular formula is C16H25N3O3. The summed E-state index contributed by atoms with van der Waals surface area (Å²) in [5.41, 5.74) is 0. The van der Waals surface area contributed by atoms with Crippen molar-refractivity contribution in [3.05, 3.63) is 12.2 Å². The van der Waals surface area contributed by atoms with Crippen LogP contribution in [0.3, 0.4) is 0 Å². The van der Waals surface area contributed by atoms with E-state index in [0.717, 1.165) is 37.6 Å². The second kappa shape index (κ2) is 8.08. The third-order valence-electron chi connectivity index (χ3n) is 4.25. The maximum absolute atomic E-state index is 12.2. The highest BCUT2D eigenvalue weighted by Gasteiger charge is 2.26. The van der Waals surface area contributed by atoms with Gasteiger partial charge >= 0.3 is 0 Å². The number of rotatable bonds is 7. The molecule has 6 heteroatoms. The number of hydrogen-bond donors (Lipinski definition) is 0. The van der Waals surface area contributed by atoms with Crippen LogP contribution < -0.4 is 0 Å². The molecule has 2 rings (SSSR count). The van der Waals surface area contributed by atoms with Gasteiger partial charge < -0.3 is 4.90 Å². The van der Waals surface area contributed by atoms with Crippen LogP contribution in [0.15, 0.2) is 12.2 Å². The van der Waals surface area contributed by atoms with Gasteiger partial charge in [-0.15, -0.1) is 0 Å². The van der Waals surface area contributed by atoms with Crippen molar-refractivity contribution in [1.82, 2.24) is 14.7 Å². The van der Waals surface area contributed by atoms with Gasteiger partial charge in [0, 0.05) is 51.3 Å². The summed E-state index contributed by atoms with van der Waals surface area (Å²) < 4.78 is 0. The molecule has 0 N–H and O–H groups in total. The number of carbonyl (C=O) groups is 3. The lowest BCUT2D eigenvalue weighted by Gasteiger charge is -2.35. The summed E-state index contributed by atoms with van der Waals surface area (Å²) >= 11 is 0. The Labute approximate surface area is 131 Å². The molecule has 1 saturated heterocycles. The van der Waals surface area contributed by atoms with Crippen LogP contribution >= 0.6 is 0 Å². The summed E-state index contributed by atoms with van der Waals surface area (Å²) in [4.78, 5) is 40.4. The molecule has 0 saturated carbocycles. The van der Waals surface area contributed by atoms with Gasteiger partial charge in [0.25, 0.3) is 11.8 Å². The average Bonchev–Trinajstić information content (AvgIpc) is 2.84. The van der Waals surface area contributed by atoms with E-state index in [-0.39, 0.29) is 30.7 Å². The molecule has 6 nitrogen and oxygen atoms in total. The largest absolute Gasteiger partial charge is 0.340 e. The summed E-state index contributed by atoms with van der Waals surface area (Å²) in [5, 5.41) is 0. The Hall–Kier alpha value is -1.69. The fraction of sp³-hybridized carbons (Fsp3) is 0.688. The summed E-state index contributed by atoms with van der Waals surface area (Å²) in [6.45, 7) is 6.80. The maximum atomic E-state index is 12.2. The van der Waals surface area contributed by atoms with E-state index in [0.29, 0.717) is 0 Å². The molecule has 0 aromatic rings. The van der Waals surface area contributed by atoms with Gasteiger partial charge in [-0.3, -0.25) is 24.2 Å². The highest BCUT2D eigenvalue weighted by atomic mass is 16.2. The Morgan fingerprint density at radius 1 is 1.00 bits per heavy atom. The van der Waals surface area contributed by atoms with Gasteiger partial charge in [-0.05, 0) is 13.0 Å². The first-order chi connectivity index (χ1) is 10.6. The van der Waals surface area contributed by atoms with Gasteiger partial charge in [0.1, 0.15) is 0 Å². The van der Waals surface area contributed by atoms with Crippen LogP contribution in [0.25, 0.3) is 0 Å². The van der Waals surface area contributed by atoms with E-state index in [4.69, 9.17) is 0 Å². The Morgan fingerprint density at radius 3 is 2.23 bits per heavy atom. The van der Waals surface area contributed by atoms with E-state index in [9.17, 15) is 14.4 Å². The number of nitrogens with zero attached hydrogens (tertiary/aromatic N) is 3. The van der Waals surface area contributed by atoms with E-state index >= 15 is 0 Å². The molecule has 0 aromatic carbocycles. The molecule has 2 aliphatic heterocycles. The quantitative estimate of drug-likeness (QED) is 0.511. The molecule has 2 aliphatic rings. The predicted molar refractivity (Wildman–Crippen MR) is 83.0 cm³/mol. The molecule has 0 aromatic heterocycles. The normalized spacial score (nSPS) is 19.3. The standard InChI is InChI=1S/C16H25N3O3/c1-2-3-4-8-17-10-12-18(13-11-17)14(20)7-9-19-15(21)5-6-16(19)22/h5-6H,2-4,7-13H2,1H3. The van der Waals surface area contributed by atoms with Crippen LogP contribution in [-0.4, -0.2) is 71.7 Å². The summed E-state index contributed by atoms with van der Waals surface area (Å²) in [5.74, 6) is -0.613. The van der Waals surface area contributed by atoms with Crippen molar-refractivity contribution >= 4 is 17.7 Å². The third kappa shape index (κ3) is 4.40. The molecule has 0 radical (unpaired) electrons. The van der Waals surface area contributed by atoms with E-state index in [1.165, 1.54) is 31.4 Å². The maximum Gasteiger partial charge on any atom is 0.253 e. The van der Waals surface area contributed by atoms with Crippen molar-refractivity contribution in [3.8, 4) is 0 Å². The molecule has 0 atom stereocenters. The van der Waals surface area contributed by atoms with Crippen molar-refractivity contribution in [3.63, 3.8) is 0 Å². The first-order valence-corrected chi connectivity index (χ1v) is 8.15. The van der Waals surface area contributed by atoms with Gasteiger partial charge in [-0.25, -0.2) is 0 Å². The van der Waals surface area contributed by atoms with Crippen LogP contribution in [-0.2, 0) is 14.4 Å². The van der Waals surface area contributed by atoms with E-state index in [1.54, 1.807) is 0 Å². The predicted octanol–water partition coefficient (Wildman–Crippen LogP) is 0.636. The highest BCUT2D eigenvalue weighted by molar-refractivity contribution is 6.13. The number of unbranched alkanes of at least 4 members (excludes halogenated alkanes) is 2. The Morgan fingerprint density at radius 2 is 1.64 bits per heavy atom. The van der Waals surface area contributed by atoms with Crippen molar-refractivity contribution in [1.29, 1.82) is 0 Å². The number of hydrogen-bond acceptors (Lipinski definition) is 4. The number of amides is 3. The lowest BCUT2D eigenvalue weighted by molar-refractivity contribution is -0.138. The smallest absolute Gasteiger partial charge is 0.253 e. The summed E-state index contributed by atoms with van der Waals surface area (Å²) in [7, 11) is 0. The second-order valence-electron chi connectivity index (χ2n) is 5.84. The van der Waals surface area contributed by atoms with Crippen molar-refractivity contribution < 1.29 is 14.4 Å². The lowest BCUT2D eigenvalue weighted by Crippen LogP contribution is -2.49. The minimum Gasteiger partial charge on any atom is -0.340 e. The van der Waals surface area contributed by atoms with Crippen LogP contribution in [0.5, 0.6) is 0 Å². The molecule has 0 aliphatic carbocycles. The van der Waals surface area contributed by atoms with Crippen molar-refractivity contribution in [2.45, 2.75) is 32.6 Å². The Bertz CT molecular complexity index is 436. The molecule has 122 valence electrons. The van der Waals surface area contributed by atoms with Gasteiger partial charge in [0.2, 0.25) is 5.91 Å². The number of carbonyl (C=O) groups excluding carboxylic acids is 3. The Balaban J connectivity index is 1.67. The van der Waals surface area contributed by atoms with E-state index in [2.05, 4.69) is 11.8 Å². The van der Waals surface area contributed by atoms with Crippen LogP contribution in [0.2, 0.25) is 0 Å². The van der Waals surface area contributed by atoms with E-state index in [1.807, 2.05) is 4.90 Å². The minimum absolute atomic E-state index is 0.0284. The highest BCUT2D eigenvalue weighted by Crippen LogP contribution is 2.09. The van der Waals surface area contributed by atoms with Gasteiger partial charge in [0.05, 0.1) is 0 Å². The minimum atomic E-state index is -0.321. The molecule has 0 spiro atoms. The van der Waals surface area contributed by atoms with Crippen molar-refractivity contribution in [2.75, 3.05) is 39.3 Å². The first-order valence-electron chi connectivity index (χ1n) is 8.15. The van der Waals surface area contributed by atoms with Crippen molar-refractivity contribution in [2.24, 2.45) is 0 Å². The molecular weight excluding hydrogens is 282 g/mol. The molecule has 0 unspecified atom stereocenters. The topological polar surface area (TPSA) is 60.9 Å². The number of imide groups is 1. The van der Waals surface area contributed by atoms with Crippen LogP contribution in [0, 0.1) is 0 Å². The van der Waals surface area contributed by atoms with Gasteiger partial charge in [-0.2, -0.15) is 0 Å². The molecule has 3 amide bonds. The SMILES string of the molecule is CCCCCN1CCN(C(=O)CCN2C(=O)C=CC2=O)CC1. The fourth-order valence-corrected chi connectivity index (χ4v) is 2.82. The third-order valence-corrected chi connectivity index (χ3v) is 4.25. The second-order valence-corrected chi connectivity index (χ2v) is 5.84. The van der Waals surface area contributed by atoms with E-state index < -0.39 is 0 Å². The Kier molecular flexibility index (Phi) is 6.12. The zero-order valence-electron chi connectivity index (χ0n) is 13.3. The number of piperazine rings is 1. The van der Waals surface area contributed by atoms with Gasteiger partial charge in [0.15, 0.2) is 0 Å². The summed E-state index contributed by atoms with van der Waals surface area (Å²) in [6, 6.07) is 0. The van der Waals surface area contributed by atoms with Crippen LogP contribution in [0.4, 0.5) is 0 Å². The van der Waals surface area contributed by atoms with Gasteiger partial charge in [-0.1, -0.05) is 19.8 Å². The molecule has 0 bridgehead atoms. The lowest BCUT2D eigenvalue weighted by atomic mass is 10.2. The summed E-state index contributed by atoms with van der Waals surface area (Å²) in [6.07, 6.45) is 6.42. The molecule has 2 heterocycles. The zero-order chi connectivity index (χ0) is 15.9. The molecule has 22 heavy (non-hydrogen) atoms. The fourth-order valence-electron chi connectivity index (χ4n) is 2.82. The first kappa shape index (κ1) is 16.7. The molecule has 1 fully saturated rings.